The lowest BCUT2D eigenvalue weighted by molar-refractivity contribution is -0.153. The molecular weight excluding hydrogens is 415 g/mol. The maximum atomic E-state index is 12.4. The van der Waals surface area contributed by atoms with Gasteiger partial charge in [-0.2, -0.15) is 13.2 Å². The normalized spacial score (nSPS) is 14.9. The third-order valence-electron chi connectivity index (χ3n) is 4.91. The van der Waals surface area contributed by atoms with Gasteiger partial charge in [0.2, 0.25) is 5.91 Å². The Kier molecular flexibility index (Phi) is 7.43. The number of hydrogen-bond donors (Lipinski definition) is 2. The summed E-state index contributed by atoms with van der Waals surface area (Å²) in [6.45, 7) is 0.00948. The topological polar surface area (TPSA) is 83.8 Å². The van der Waals surface area contributed by atoms with E-state index in [-0.39, 0.29) is 30.2 Å². The molecule has 1 aromatic heterocycles. The molecule has 168 valence electrons. The lowest BCUT2D eigenvalue weighted by Gasteiger charge is -2.31. The smallest absolute Gasteiger partial charge is 0.422 e. The first kappa shape index (κ1) is 22.5. The number of piperidine rings is 1. The molecule has 1 aromatic carbocycles. The number of carbonyl (C=O) groups excluding carboxylic acids is 2. The van der Waals surface area contributed by atoms with E-state index in [1.54, 1.807) is 35.4 Å². The van der Waals surface area contributed by atoms with Gasteiger partial charge in [-0.15, -0.1) is 0 Å². The Labute approximate surface area is 177 Å². The number of benzene rings is 1. The summed E-state index contributed by atoms with van der Waals surface area (Å²) in [5.41, 5.74) is 0.625. The van der Waals surface area contributed by atoms with Crippen LogP contribution in [0.1, 0.15) is 24.2 Å². The summed E-state index contributed by atoms with van der Waals surface area (Å²) in [5.74, 6) is 0.539. The van der Waals surface area contributed by atoms with Crippen molar-refractivity contribution in [3.8, 4) is 5.75 Å². The van der Waals surface area contributed by atoms with Crippen LogP contribution in [-0.2, 0) is 17.9 Å². The number of furan rings is 1. The van der Waals surface area contributed by atoms with Gasteiger partial charge in [0.25, 0.3) is 0 Å². The van der Waals surface area contributed by atoms with E-state index in [1.165, 1.54) is 12.1 Å². The maximum Gasteiger partial charge on any atom is 0.422 e. The molecule has 0 bridgehead atoms. The average molecular weight is 439 g/mol. The summed E-state index contributed by atoms with van der Waals surface area (Å²) < 4.78 is 46.7. The molecule has 1 aliphatic heterocycles. The molecule has 0 radical (unpaired) electrons. The number of ether oxygens (including phenoxy) is 1. The van der Waals surface area contributed by atoms with Gasteiger partial charge in [0.05, 0.1) is 12.8 Å². The van der Waals surface area contributed by atoms with E-state index >= 15 is 0 Å². The summed E-state index contributed by atoms with van der Waals surface area (Å²) in [4.78, 5) is 26.3. The molecule has 1 aliphatic rings. The molecule has 0 aliphatic carbocycles. The molecule has 1 fully saturated rings. The lowest BCUT2D eigenvalue weighted by atomic mass is 9.96. The second-order valence-electron chi connectivity index (χ2n) is 7.27. The maximum absolute atomic E-state index is 12.4. The summed E-state index contributed by atoms with van der Waals surface area (Å²) >= 11 is 0. The largest absolute Gasteiger partial charge is 0.484 e. The number of halogens is 3. The van der Waals surface area contributed by atoms with Crippen LogP contribution in [0.5, 0.6) is 5.75 Å². The minimum atomic E-state index is -4.41. The first-order valence-electron chi connectivity index (χ1n) is 9.91. The van der Waals surface area contributed by atoms with Crippen molar-refractivity contribution in [1.29, 1.82) is 0 Å². The second-order valence-corrected chi connectivity index (χ2v) is 7.27. The molecule has 0 unspecified atom stereocenters. The number of amides is 3. The van der Waals surface area contributed by atoms with Gasteiger partial charge < -0.3 is 24.7 Å². The van der Waals surface area contributed by atoms with Gasteiger partial charge in [0.1, 0.15) is 11.5 Å². The SMILES string of the molecule is O=C(NCc1ccco1)C1CCN(C(=O)NCc2cccc(OCC(F)(F)F)c2)CC1. The molecule has 2 aromatic rings. The van der Waals surface area contributed by atoms with Gasteiger partial charge in [0, 0.05) is 25.6 Å². The van der Waals surface area contributed by atoms with Gasteiger partial charge in [-0.3, -0.25) is 4.79 Å². The summed E-state index contributed by atoms with van der Waals surface area (Å²) in [6, 6.07) is 9.41. The molecule has 2 N–H and O–H groups in total. The van der Waals surface area contributed by atoms with E-state index in [1.807, 2.05) is 0 Å². The van der Waals surface area contributed by atoms with Crippen molar-refractivity contribution in [3.63, 3.8) is 0 Å². The van der Waals surface area contributed by atoms with Crippen molar-refractivity contribution in [2.45, 2.75) is 32.1 Å². The highest BCUT2D eigenvalue weighted by Crippen LogP contribution is 2.20. The van der Waals surface area contributed by atoms with Crippen molar-refractivity contribution in [2.75, 3.05) is 19.7 Å². The molecule has 3 amide bonds. The monoisotopic (exact) mass is 439 g/mol. The summed E-state index contributed by atoms with van der Waals surface area (Å²) in [7, 11) is 0. The zero-order chi connectivity index (χ0) is 22.3. The summed E-state index contributed by atoms with van der Waals surface area (Å²) in [6.07, 6.45) is -1.76. The number of rotatable bonds is 7. The van der Waals surface area contributed by atoms with Crippen molar-refractivity contribution in [1.82, 2.24) is 15.5 Å². The zero-order valence-electron chi connectivity index (χ0n) is 16.8. The van der Waals surface area contributed by atoms with E-state index in [0.29, 0.717) is 43.8 Å². The Balaban J connectivity index is 1.39. The van der Waals surface area contributed by atoms with Crippen LogP contribution in [0, 0.1) is 5.92 Å². The predicted octanol–water partition coefficient (Wildman–Crippen LogP) is 3.46. The van der Waals surface area contributed by atoms with E-state index < -0.39 is 12.8 Å². The molecular formula is C21H24F3N3O4. The third kappa shape index (κ3) is 7.23. The standard InChI is InChI=1S/C21H24F3N3O4/c22-21(23,24)14-31-17-4-1-3-15(11-17)12-26-20(29)27-8-6-16(7-9-27)19(28)25-13-18-5-2-10-30-18/h1-5,10-11,16H,6-9,12-14H2,(H,25,28)(H,26,29). The number of hydrogen-bond acceptors (Lipinski definition) is 4. The molecule has 0 saturated carbocycles. The molecule has 0 atom stereocenters. The van der Waals surface area contributed by atoms with Gasteiger partial charge >= 0.3 is 12.2 Å². The Morgan fingerprint density at radius 2 is 1.87 bits per heavy atom. The van der Waals surface area contributed by atoms with Crippen molar-refractivity contribution >= 4 is 11.9 Å². The van der Waals surface area contributed by atoms with Gasteiger partial charge in [-0.05, 0) is 42.7 Å². The van der Waals surface area contributed by atoms with E-state index in [9.17, 15) is 22.8 Å². The van der Waals surface area contributed by atoms with Crippen LogP contribution in [0.2, 0.25) is 0 Å². The Bertz CT molecular complexity index is 863. The predicted molar refractivity (Wildman–Crippen MR) is 105 cm³/mol. The molecule has 7 nitrogen and oxygen atoms in total. The van der Waals surface area contributed by atoms with Gasteiger partial charge in [-0.1, -0.05) is 12.1 Å². The number of nitrogens with one attached hydrogen (secondary N) is 2. The van der Waals surface area contributed by atoms with Gasteiger partial charge in [-0.25, -0.2) is 4.79 Å². The molecule has 0 spiro atoms. The van der Waals surface area contributed by atoms with Crippen LogP contribution in [0.15, 0.2) is 47.1 Å². The summed E-state index contributed by atoms with van der Waals surface area (Å²) in [5, 5.41) is 5.59. The van der Waals surface area contributed by atoms with Crippen molar-refractivity contribution < 1.29 is 31.9 Å². The lowest BCUT2D eigenvalue weighted by Crippen LogP contribution is -2.46. The number of alkyl halides is 3. The van der Waals surface area contributed by atoms with E-state index in [0.717, 1.165) is 0 Å². The molecule has 2 heterocycles. The Hall–Kier alpha value is -3.17. The fourth-order valence-corrected chi connectivity index (χ4v) is 3.28. The van der Waals surface area contributed by atoms with Crippen LogP contribution in [-0.4, -0.2) is 42.7 Å². The second kappa shape index (κ2) is 10.2. The zero-order valence-corrected chi connectivity index (χ0v) is 16.8. The van der Waals surface area contributed by atoms with E-state index in [4.69, 9.17) is 9.15 Å². The molecule has 3 rings (SSSR count). The third-order valence-corrected chi connectivity index (χ3v) is 4.91. The van der Waals surface area contributed by atoms with Crippen LogP contribution in [0.4, 0.5) is 18.0 Å². The first-order chi connectivity index (χ1) is 14.8. The van der Waals surface area contributed by atoms with Crippen molar-refractivity contribution in [2.24, 2.45) is 5.92 Å². The van der Waals surface area contributed by atoms with Crippen LogP contribution >= 0.6 is 0 Å². The van der Waals surface area contributed by atoms with Crippen molar-refractivity contribution in [3.05, 3.63) is 54.0 Å². The highest BCUT2D eigenvalue weighted by molar-refractivity contribution is 5.79. The highest BCUT2D eigenvalue weighted by Gasteiger charge is 2.29. The minimum Gasteiger partial charge on any atom is -0.484 e. The number of carbonyl (C=O) groups is 2. The quantitative estimate of drug-likeness (QED) is 0.692. The average Bonchev–Trinajstić information content (AvgIpc) is 3.28. The number of likely N-dealkylation sites (tertiary alicyclic amines) is 1. The molecule has 10 heteroatoms. The fourth-order valence-electron chi connectivity index (χ4n) is 3.28. The Morgan fingerprint density at radius 3 is 2.55 bits per heavy atom. The van der Waals surface area contributed by atoms with Gasteiger partial charge in [0.15, 0.2) is 6.61 Å². The van der Waals surface area contributed by atoms with Crippen LogP contribution in [0.25, 0.3) is 0 Å². The fraction of sp³-hybridized carbons (Fsp3) is 0.429. The van der Waals surface area contributed by atoms with E-state index in [2.05, 4.69) is 10.6 Å². The first-order valence-corrected chi connectivity index (χ1v) is 9.91. The number of nitrogens with zero attached hydrogens (tertiary/aromatic N) is 1. The molecule has 31 heavy (non-hydrogen) atoms. The number of urea groups is 1. The highest BCUT2D eigenvalue weighted by atomic mass is 19.4. The molecule has 1 saturated heterocycles. The van der Waals surface area contributed by atoms with Crippen LogP contribution in [0.3, 0.4) is 0 Å². The van der Waals surface area contributed by atoms with Crippen LogP contribution < -0.4 is 15.4 Å². The Morgan fingerprint density at radius 1 is 1.10 bits per heavy atom. The minimum absolute atomic E-state index is 0.0628.